The number of likely N-dealkylation sites (N-methyl/N-ethyl adjacent to an activating group) is 2. The van der Waals surface area contributed by atoms with E-state index in [9.17, 15) is 27.2 Å². The number of hydrogen-bond donors (Lipinski definition) is 2. The highest BCUT2D eigenvalue weighted by Gasteiger charge is 2.22. The van der Waals surface area contributed by atoms with Crippen LogP contribution < -0.4 is 10.6 Å². The third-order valence-electron chi connectivity index (χ3n) is 7.17. The van der Waals surface area contributed by atoms with Crippen molar-refractivity contribution in [3.8, 4) is 0 Å². The maximum Gasteiger partial charge on any atom is 0.238 e. The number of benzene rings is 3. The van der Waals surface area contributed by atoms with Crippen LogP contribution in [0.2, 0.25) is 0 Å². The van der Waals surface area contributed by atoms with Crippen molar-refractivity contribution in [2.45, 2.75) is 55.4 Å². The average Bonchev–Trinajstić information content (AvgIpc) is 3.03. The molecule has 0 unspecified atom stereocenters. The second kappa shape index (κ2) is 20.8. The van der Waals surface area contributed by atoms with Crippen molar-refractivity contribution in [1.29, 1.82) is 0 Å². The van der Waals surface area contributed by atoms with Crippen molar-refractivity contribution in [2.75, 3.05) is 49.9 Å². The van der Waals surface area contributed by atoms with Gasteiger partial charge >= 0.3 is 0 Å². The molecule has 0 saturated carbocycles. The van der Waals surface area contributed by atoms with E-state index in [4.69, 9.17) is 0 Å². The van der Waals surface area contributed by atoms with E-state index in [1.54, 1.807) is 0 Å². The van der Waals surface area contributed by atoms with E-state index in [2.05, 4.69) is 48.1 Å². The zero-order chi connectivity index (χ0) is 35.1. The Morgan fingerprint density at radius 1 is 0.565 bits per heavy atom. The first-order chi connectivity index (χ1) is 21.6. The van der Waals surface area contributed by atoms with Gasteiger partial charge in [-0.2, -0.15) is 0 Å². The smallest absolute Gasteiger partial charge is 0.238 e. The second-order valence-electron chi connectivity index (χ2n) is 10.4. The summed E-state index contributed by atoms with van der Waals surface area (Å²) in [6.45, 7) is 20.8. The van der Waals surface area contributed by atoms with Crippen molar-refractivity contribution in [3.63, 3.8) is 0 Å². The third-order valence-corrected chi connectivity index (χ3v) is 9.06. The number of nitrogens with zero attached hydrogens (tertiary/aromatic N) is 2. The molecule has 3 rings (SSSR count). The topological polar surface area (TPSA) is 64.7 Å². The maximum absolute atomic E-state index is 12.6. The zero-order valence-corrected chi connectivity index (χ0v) is 32.0. The Balaban J connectivity index is 0.000000351. The molecular formula is C34H44F4I2N4O2. The van der Waals surface area contributed by atoms with Crippen LogP contribution in [0.1, 0.15) is 49.9 Å². The lowest BCUT2D eigenvalue weighted by Crippen LogP contribution is -2.33. The van der Waals surface area contributed by atoms with E-state index in [0.29, 0.717) is 13.1 Å². The lowest BCUT2D eigenvalue weighted by molar-refractivity contribution is -0.118. The molecule has 12 heteroatoms. The third kappa shape index (κ3) is 12.7. The number of amides is 2. The Morgan fingerprint density at radius 3 is 1.02 bits per heavy atom. The van der Waals surface area contributed by atoms with Crippen LogP contribution in [0, 0.1) is 58.1 Å². The van der Waals surface area contributed by atoms with E-state index in [0.717, 1.165) is 59.8 Å². The lowest BCUT2D eigenvalue weighted by Gasteiger charge is -2.18. The van der Waals surface area contributed by atoms with Gasteiger partial charge in [-0.1, -0.05) is 64.1 Å². The first kappa shape index (κ1) is 41.7. The van der Waals surface area contributed by atoms with Gasteiger partial charge in [-0.05, 0) is 121 Å². The normalized spacial score (nSPS) is 10.6. The SMILES string of the molecule is CCN(CC)CC(=O)Nc1c(C)cccc1C.CCN(CC)CC(=O)Nc1c(C)cccc1C.Fc1c(F)c(I)c(F)c(F)c1I. The predicted molar refractivity (Wildman–Crippen MR) is 196 cm³/mol. The molecule has 254 valence electrons. The van der Waals surface area contributed by atoms with Gasteiger partial charge in [0.15, 0.2) is 23.3 Å². The van der Waals surface area contributed by atoms with Crippen LogP contribution in [0.25, 0.3) is 0 Å². The summed E-state index contributed by atoms with van der Waals surface area (Å²) < 4.78 is 49.2. The monoisotopic (exact) mass is 870 g/mol. The van der Waals surface area contributed by atoms with Crippen LogP contribution in [0.15, 0.2) is 36.4 Å². The minimum atomic E-state index is -1.35. The minimum absolute atomic E-state index is 0.0612. The Kier molecular flexibility index (Phi) is 18.9. The van der Waals surface area contributed by atoms with Gasteiger partial charge in [0, 0.05) is 11.4 Å². The molecule has 2 amide bonds. The molecule has 0 atom stereocenters. The number of halogens is 6. The summed E-state index contributed by atoms with van der Waals surface area (Å²) in [7, 11) is 0. The standard InChI is InChI=1S/2C14H22N2O.C6F4I2/c2*1-5-16(6-2)10-13(17)15-14-11(3)8-7-9-12(14)4;7-1-2(8)6(12)4(10)3(9)5(1)11/h2*7-9H,5-6,10H2,1-4H3,(H,15,17);. The van der Waals surface area contributed by atoms with Gasteiger partial charge in [-0.15, -0.1) is 0 Å². The summed E-state index contributed by atoms with van der Waals surface area (Å²) in [5.41, 5.74) is 6.33. The molecule has 3 aromatic carbocycles. The van der Waals surface area contributed by atoms with Gasteiger partial charge in [-0.3, -0.25) is 19.4 Å². The second-order valence-corrected chi connectivity index (χ2v) is 12.6. The highest BCUT2D eigenvalue weighted by atomic mass is 127. The molecule has 2 N–H and O–H groups in total. The minimum Gasteiger partial charge on any atom is -0.324 e. The van der Waals surface area contributed by atoms with Gasteiger partial charge in [0.05, 0.1) is 20.2 Å². The first-order valence-electron chi connectivity index (χ1n) is 15.0. The summed E-state index contributed by atoms with van der Waals surface area (Å²) in [6, 6.07) is 12.1. The molecule has 0 aliphatic heterocycles. The van der Waals surface area contributed by atoms with Crippen LogP contribution in [0.4, 0.5) is 28.9 Å². The summed E-state index contributed by atoms with van der Waals surface area (Å²) in [4.78, 5) is 28.0. The van der Waals surface area contributed by atoms with E-state index in [1.807, 2.05) is 64.1 Å². The average molecular weight is 871 g/mol. The molecule has 0 saturated heterocycles. The van der Waals surface area contributed by atoms with Crippen molar-refractivity contribution in [2.24, 2.45) is 0 Å². The molecule has 0 bridgehead atoms. The molecule has 0 radical (unpaired) electrons. The van der Waals surface area contributed by atoms with Crippen molar-refractivity contribution < 1.29 is 27.2 Å². The number of rotatable bonds is 10. The van der Waals surface area contributed by atoms with Crippen LogP contribution in [0.3, 0.4) is 0 Å². The molecule has 0 spiro atoms. The molecule has 46 heavy (non-hydrogen) atoms. The van der Waals surface area contributed by atoms with Gasteiger partial charge < -0.3 is 10.6 Å². The molecule has 6 nitrogen and oxygen atoms in total. The van der Waals surface area contributed by atoms with Crippen LogP contribution in [-0.2, 0) is 9.59 Å². The van der Waals surface area contributed by atoms with Crippen molar-refractivity contribution in [1.82, 2.24) is 9.80 Å². The summed E-state index contributed by atoms with van der Waals surface area (Å²) in [5.74, 6) is -5.27. The zero-order valence-electron chi connectivity index (χ0n) is 27.7. The van der Waals surface area contributed by atoms with E-state index >= 15 is 0 Å². The number of para-hydroxylation sites is 2. The lowest BCUT2D eigenvalue weighted by atomic mass is 10.1. The van der Waals surface area contributed by atoms with Gasteiger partial charge in [0.2, 0.25) is 11.8 Å². The number of hydrogen-bond acceptors (Lipinski definition) is 4. The molecule has 3 aromatic rings. The Bertz CT molecular complexity index is 1240. The van der Waals surface area contributed by atoms with Crippen molar-refractivity contribution >= 4 is 68.4 Å². The highest BCUT2D eigenvalue weighted by molar-refractivity contribution is 14.1. The first-order valence-corrected chi connectivity index (χ1v) is 17.1. The molecule has 0 heterocycles. The summed E-state index contributed by atoms with van der Waals surface area (Å²) in [5, 5.41) is 5.99. The number of aryl methyl sites for hydroxylation is 4. The fourth-order valence-electron chi connectivity index (χ4n) is 4.26. The molecule has 0 aliphatic carbocycles. The summed E-state index contributed by atoms with van der Waals surface area (Å²) >= 11 is 2.41. The van der Waals surface area contributed by atoms with Crippen molar-refractivity contribution in [3.05, 3.63) is 89.1 Å². The molecular weight excluding hydrogens is 826 g/mol. The molecule has 0 aromatic heterocycles. The molecule has 0 fully saturated rings. The largest absolute Gasteiger partial charge is 0.324 e. The number of anilines is 2. The Hall–Kier alpha value is -2.30. The van der Waals surface area contributed by atoms with E-state index in [-0.39, 0.29) is 11.8 Å². The fourth-order valence-corrected chi connectivity index (χ4v) is 5.21. The number of nitrogens with one attached hydrogen (secondary N) is 2. The molecule has 0 aliphatic rings. The highest BCUT2D eigenvalue weighted by Crippen LogP contribution is 2.26. The Labute approximate surface area is 298 Å². The summed E-state index contributed by atoms with van der Waals surface area (Å²) in [6.07, 6.45) is 0. The van der Waals surface area contributed by atoms with E-state index in [1.165, 1.54) is 45.2 Å². The maximum atomic E-state index is 12.6. The van der Waals surface area contributed by atoms with E-state index < -0.39 is 30.4 Å². The number of carbonyl (C=O) groups excluding carboxylic acids is 2. The van der Waals surface area contributed by atoms with Crippen LogP contribution in [0.5, 0.6) is 0 Å². The fraction of sp³-hybridized carbons (Fsp3) is 0.412. The Morgan fingerprint density at radius 2 is 0.804 bits per heavy atom. The quantitative estimate of drug-likeness (QED) is 0.0928. The predicted octanol–water partition coefficient (Wildman–Crippen LogP) is 8.62. The van der Waals surface area contributed by atoms with Gasteiger partial charge in [0.25, 0.3) is 0 Å². The number of carbonyl (C=O) groups is 2. The van der Waals surface area contributed by atoms with Gasteiger partial charge in [-0.25, -0.2) is 17.6 Å². The van der Waals surface area contributed by atoms with Crippen LogP contribution >= 0.6 is 45.2 Å². The van der Waals surface area contributed by atoms with Crippen LogP contribution in [-0.4, -0.2) is 60.9 Å². The van der Waals surface area contributed by atoms with Gasteiger partial charge in [0.1, 0.15) is 0 Å².